The second-order valence-electron chi connectivity index (χ2n) is 2.67. The van der Waals surface area contributed by atoms with E-state index in [1.165, 1.54) is 0 Å². The second-order valence-corrected chi connectivity index (χ2v) is 4.56. The third-order valence-corrected chi connectivity index (χ3v) is 3.83. The molecule has 1 unspecified atom stereocenters. The van der Waals surface area contributed by atoms with E-state index in [1.54, 1.807) is 0 Å². The van der Waals surface area contributed by atoms with Gasteiger partial charge < -0.3 is 9.84 Å². The summed E-state index contributed by atoms with van der Waals surface area (Å²) in [5.74, 6) is -2.33. The molecule has 0 bridgehead atoms. The number of carboxylic acids is 1. The topological polar surface area (TPSA) is 46.5 Å². The number of ether oxygens (including phenoxy) is 1. The average Bonchev–Trinajstić information content (AvgIpc) is 2.29. The SMILES string of the molecule is O=C(O)C(F)Oc1c(Cl)c(Cl)c(Cl)c(Cl)c1Cl. The van der Waals surface area contributed by atoms with Gasteiger partial charge in [0.15, 0.2) is 5.75 Å². The molecule has 1 aromatic carbocycles. The Morgan fingerprint density at radius 2 is 1.35 bits per heavy atom. The number of halogens is 6. The highest BCUT2D eigenvalue weighted by atomic mass is 35.5. The molecule has 1 rings (SSSR count). The molecule has 1 atom stereocenters. The van der Waals surface area contributed by atoms with E-state index >= 15 is 0 Å². The fourth-order valence-corrected chi connectivity index (χ4v) is 2.05. The minimum absolute atomic E-state index is 0.138. The van der Waals surface area contributed by atoms with Crippen LogP contribution in [0.15, 0.2) is 0 Å². The molecule has 0 aromatic heterocycles. The minimum atomic E-state index is -2.65. The average molecular weight is 342 g/mol. The van der Waals surface area contributed by atoms with Gasteiger partial charge in [-0.25, -0.2) is 4.79 Å². The first kappa shape index (κ1) is 14.9. The molecule has 0 aliphatic carbocycles. The quantitative estimate of drug-likeness (QED) is 0.639. The van der Waals surface area contributed by atoms with Crippen LogP contribution >= 0.6 is 58.0 Å². The lowest BCUT2D eigenvalue weighted by molar-refractivity contribution is -0.153. The van der Waals surface area contributed by atoms with Crippen LogP contribution in [0.25, 0.3) is 0 Å². The molecule has 3 nitrogen and oxygen atoms in total. The second kappa shape index (κ2) is 5.67. The van der Waals surface area contributed by atoms with Crippen molar-refractivity contribution in [2.45, 2.75) is 6.36 Å². The third kappa shape index (κ3) is 3.01. The van der Waals surface area contributed by atoms with Crippen LogP contribution in [0.5, 0.6) is 5.75 Å². The number of alkyl halides is 1. The lowest BCUT2D eigenvalue weighted by Gasteiger charge is -2.14. The van der Waals surface area contributed by atoms with Gasteiger partial charge in [0, 0.05) is 0 Å². The van der Waals surface area contributed by atoms with Crippen LogP contribution in [0.1, 0.15) is 0 Å². The third-order valence-electron chi connectivity index (χ3n) is 1.59. The molecule has 9 heteroatoms. The Morgan fingerprint density at radius 3 is 1.71 bits per heavy atom. The Bertz CT molecular complexity index is 450. The molecule has 1 N–H and O–H groups in total. The number of carboxylic acid groups (broad SMARTS) is 1. The summed E-state index contributed by atoms with van der Waals surface area (Å²) in [5.41, 5.74) is 0. The van der Waals surface area contributed by atoms with Crippen molar-refractivity contribution in [3.8, 4) is 5.75 Å². The molecule has 0 saturated heterocycles. The Balaban J connectivity index is 3.30. The van der Waals surface area contributed by atoms with Gasteiger partial charge >= 0.3 is 12.3 Å². The summed E-state index contributed by atoms with van der Waals surface area (Å²) >= 11 is 28.4. The van der Waals surface area contributed by atoms with Crippen molar-refractivity contribution in [2.75, 3.05) is 0 Å². The highest BCUT2D eigenvalue weighted by Crippen LogP contribution is 2.48. The smallest absolute Gasteiger partial charge is 0.378 e. The number of carbonyl (C=O) groups is 1. The van der Waals surface area contributed by atoms with Crippen LogP contribution in [-0.4, -0.2) is 17.4 Å². The van der Waals surface area contributed by atoms with E-state index in [0.29, 0.717) is 0 Å². The maximum absolute atomic E-state index is 12.9. The fraction of sp³-hybridized carbons (Fsp3) is 0.125. The van der Waals surface area contributed by atoms with Gasteiger partial charge in [-0.2, -0.15) is 4.39 Å². The maximum Gasteiger partial charge on any atom is 0.378 e. The van der Waals surface area contributed by atoms with Crippen LogP contribution < -0.4 is 4.74 Å². The van der Waals surface area contributed by atoms with Gasteiger partial charge in [0.2, 0.25) is 0 Å². The van der Waals surface area contributed by atoms with Crippen molar-refractivity contribution in [3.63, 3.8) is 0 Å². The Hall–Kier alpha value is -0.130. The molecular weight excluding hydrogens is 340 g/mol. The monoisotopic (exact) mass is 340 g/mol. The van der Waals surface area contributed by atoms with Gasteiger partial charge in [-0.15, -0.1) is 0 Å². The fourth-order valence-electron chi connectivity index (χ4n) is 0.842. The lowest BCUT2D eigenvalue weighted by atomic mass is 10.3. The standard InChI is InChI=1S/C8H2Cl5FO3/c9-1-2(10)4(12)6(5(13)3(1)11)17-7(14)8(15)16/h7H,(H,15,16). The summed E-state index contributed by atoms with van der Waals surface area (Å²) in [7, 11) is 0. The Labute approximate surface area is 120 Å². The number of hydrogen-bond donors (Lipinski definition) is 1. The van der Waals surface area contributed by atoms with E-state index < -0.39 is 18.1 Å². The molecule has 94 valence electrons. The van der Waals surface area contributed by atoms with Crippen LogP contribution in [0, 0.1) is 0 Å². The molecule has 0 fully saturated rings. The number of benzene rings is 1. The zero-order valence-corrected chi connectivity index (χ0v) is 11.4. The molecule has 0 amide bonds. The molecule has 0 saturated carbocycles. The summed E-state index contributed by atoms with van der Waals surface area (Å²) in [4.78, 5) is 10.3. The zero-order valence-electron chi connectivity index (χ0n) is 7.61. The van der Waals surface area contributed by atoms with E-state index in [0.717, 1.165) is 0 Å². The molecule has 1 aromatic rings. The van der Waals surface area contributed by atoms with Crippen molar-refractivity contribution in [3.05, 3.63) is 25.1 Å². The molecule has 0 aliphatic rings. The van der Waals surface area contributed by atoms with Gasteiger partial charge in [-0.1, -0.05) is 58.0 Å². The van der Waals surface area contributed by atoms with Crippen LogP contribution in [0.4, 0.5) is 4.39 Å². The highest BCUT2D eigenvalue weighted by molar-refractivity contribution is 6.55. The lowest BCUT2D eigenvalue weighted by Crippen LogP contribution is -2.21. The normalized spacial score (nSPS) is 12.4. The van der Waals surface area contributed by atoms with Crippen LogP contribution in [0.3, 0.4) is 0 Å². The molecule has 0 heterocycles. The summed E-state index contributed by atoms with van der Waals surface area (Å²) in [6.45, 7) is 0. The van der Waals surface area contributed by atoms with E-state index in [2.05, 4.69) is 4.74 Å². The summed E-state index contributed by atoms with van der Waals surface area (Å²) in [5, 5.41) is 7.13. The van der Waals surface area contributed by atoms with Crippen molar-refractivity contribution in [2.24, 2.45) is 0 Å². The Kier molecular flexibility index (Phi) is 4.98. The molecule has 0 radical (unpaired) electrons. The predicted molar refractivity (Wildman–Crippen MR) is 64.7 cm³/mol. The van der Waals surface area contributed by atoms with E-state index in [1.807, 2.05) is 0 Å². The van der Waals surface area contributed by atoms with Crippen LogP contribution in [0.2, 0.25) is 25.1 Å². The van der Waals surface area contributed by atoms with Crippen molar-refractivity contribution in [1.29, 1.82) is 0 Å². The van der Waals surface area contributed by atoms with E-state index in [-0.39, 0.29) is 25.1 Å². The van der Waals surface area contributed by atoms with Gasteiger partial charge in [-0.3, -0.25) is 0 Å². The predicted octanol–water partition coefficient (Wildman–Crippen LogP) is 4.71. The highest BCUT2D eigenvalue weighted by Gasteiger charge is 2.25. The largest absolute Gasteiger partial charge is 0.476 e. The molecular formula is C8H2Cl5FO3. The van der Waals surface area contributed by atoms with Crippen molar-refractivity contribution >= 4 is 64.0 Å². The maximum atomic E-state index is 12.9. The molecule has 0 aliphatic heterocycles. The molecule has 17 heavy (non-hydrogen) atoms. The van der Waals surface area contributed by atoms with E-state index in [9.17, 15) is 9.18 Å². The van der Waals surface area contributed by atoms with Gasteiger partial charge in [0.05, 0.1) is 15.1 Å². The summed E-state index contributed by atoms with van der Waals surface area (Å²) in [6.07, 6.45) is -2.65. The first-order chi connectivity index (χ1) is 7.77. The first-order valence-corrected chi connectivity index (χ1v) is 5.71. The summed E-state index contributed by atoms with van der Waals surface area (Å²) < 4.78 is 17.3. The van der Waals surface area contributed by atoms with Crippen molar-refractivity contribution < 1.29 is 19.0 Å². The molecule has 0 spiro atoms. The van der Waals surface area contributed by atoms with Gasteiger partial charge in [0.1, 0.15) is 10.0 Å². The number of rotatable bonds is 3. The van der Waals surface area contributed by atoms with Gasteiger partial charge in [0.25, 0.3) is 0 Å². The number of hydrogen-bond acceptors (Lipinski definition) is 2. The first-order valence-electron chi connectivity index (χ1n) is 3.82. The van der Waals surface area contributed by atoms with Crippen molar-refractivity contribution in [1.82, 2.24) is 0 Å². The van der Waals surface area contributed by atoms with E-state index in [4.69, 9.17) is 63.1 Å². The number of aliphatic carboxylic acids is 1. The van der Waals surface area contributed by atoms with Gasteiger partial charge in [-0.05, 0) is 0 Å². The summed E-state index contributed by atoms with van der Waals surface area (Å²) in [6, 6.07) is 0. The Morgan fingerprint density at radius 1 is 1.00 bits per heavy atom. The zero-order chi connectivity index (χ0) is 13.3. The minimum Gasteiger partial charge on any atom is -0.476 e. The van der Waals surface area contributed by atoms with Crippen LogP contribution in [-0.2, 0) is 4.79 Å².